The summed E-state index contributed by atoms with van der Waals surface area (Å²) in [6.07, 6.45) is 5.51. The summed E-state index contributed by atoms with van der Waals surface area (Å²) in [6.45, 7) is 7.18. The van der Waals surface area contributed by atoms with E-state index in [0.717, 1.165) is 12.5 Å². The minimum Gasteiger partial charge on any atom is -0.329 e. The van der Waals surface area contributed by atoms with Crippen molar-refractivity contribution in [2.24, 2.45) is 11.7 Å². The number of rotatable bonds is 5. The molecule has 1 aromatic rings. The van der Waals surface area contributed by atoms with Gasteiger partial charge < -0.3 is 10.6 Å². The fourth-order valence-corrected chi connectivity index (χ4v) is 4.45. The molecule has 1 atom stereocenters. The van der Waals surface area contributed by atoms with Gasteiger partial charge in [0.05, 0.1) is 0 Å². The van der Waals surface area contributed by atoms with Crippen LogP contribution in [0.25, 0.3) is 0 Å². The molecule has 2 fully saturated rings. The van der Waals surface area contributed by atoms with E-state index < -0.39 is 0 Å². The third kappa shape index (κ3) is 3.42. The van der Waals surface area contributed by atoms with Gasteiger partial charge in [-0.05, 0) is 80.2 Å². The van der Waals surface area contributed by atoms with Crippen molar-refractivity contribution < 1.29 is 0 Å². The molecular formula is C16H27N3S. The fraction of sp³-hybridized carbons (Fsp3) is 0.750. The van der Waals surface area contributed by atoms with Gasteiger partial charge in [-0.1, -0.05) is 0 Å². The van der Waals surface area contributed by atoms with Crippen molar-refractivity contribution in [1.29, 1.82) is 0 Å². The number of thiophene rings is 1. The van der Waals surface area contributed by atoms with Crippen molar-refractivity contribution in [2.75, 3.05) is 39.3 Å². The second kappa shape index (κ2) is 7.03. The topological polar surface area (TPSA) is 32.5 Å². The van der Waals surface area contributed by atoms with E-state index in [2.05, 4.69) is 26.6 Å². The van der Waals surface area contributed by atoms with Crippen molar-refractivity contribution in [3.05, 3.63) is 22.4 Å². The van der Waals surface area contributed by atoms with Crippen LogP contribution >= 0.6 is 11.3 Å². The first kappa shape index (κ1) is 14.5. The zero-order valence-electron chi connectivity index (χ0n) is 12.3. The van der Waals surface area contributed by atoms with Gasteiger partial charge in [0.25, 0.3) is 0 Å². The van der Waals surface area contributed by atoms with E-state index in [-0.39, 0.29) is 0 Å². The molecule has 0 bridgehead atoms. The molecule has 4 heteroatoms. The van der Waals surface area contributed by atoms with Crippen LogP contribution in [0.4, 0.5) is 0 Å². The molecule has 0 spiro atoms. The Labute approximate surface area is 126 Å². The summed E-state index contributed by atoms with van der Waals surface area (Å²) in [5.41, 5.74) is 7.43. The fourth-order valence-electron chi connectivity index (χ4n) is 3.74. The van der Waals surface area contributed by atoms with Gasteiger partial charge >= 0.3 is 0 Å². The highest BCUT2D eigenvalue weighted by atomic mass is 32.1. The standard InChI is InChI=1S/C16H27N3S/c17-11-16(15-5-10-20-13-15)19-8-3-14(4-9-19)12-18-6-1-2-7-18/h5,10,13-14,16H,1-4,6-9,11-12,17H2. The van der Waals surface area contributed by atoms with Gasteiger partial charge in [0.2, 0.25) is 0 Å². The quantitative estimate of drug-likeness (QED) is 0.905. The van der Waals surface area contributed by atoms with E-state index in [4.69, 9.17) is 5.73 Å². The summed E-state index contributed by atoms with van der Waals surface area (Å²) in [6, 6.07) is 2.67. The summed E-state index contributed by atoms with van der Waals surface area (Å²) in [5.74, 6) is 0.908. The van der Waals surface area contributed by atoms with E-state index in [1.165, 1.54) is 64.0 Å². The molecule has 0 aliphatic carbocycles. The molecule has 3 heterocycles. The molecule has 0 radical (unpaired) electrons. The zero-order chi connectivity index (χ0) is 13.8. The van der Waals surface area contributed by atoms with Crippen LogP contribution in [0.5, 0.6) is 0 Å². The number of nitrogens with two attached hydrogens (primary N) is 1. The maximum atomic E-state index is 6.02. The number of hydrogen-bond acceptors (Lipinski definition) is 4. The zero-order valence-corrected chi connectivity index (χ0v) is 13.2. The molecule has 20 heavy (non-hydrogen) atoms. The third-order valence-electron chi connectivity index (χ3n) is 4.96. The molecule has 2 N–H and O–H groups in total. The summed E-state index contributed by atoms with van der Waals surface area (Å²) >= 11 is 1.78. The van der Waals surface area contributed by atoms with Crippen LogP contribution in [0.2, 0.25) is 0 Å². The molecule has 0 aromatic carbocycles. The molecule has 1 aromatic heterocycles. The highest BCUT2D eigenvalue weighted by Crippen LogP contribution is 2.28. The van der Waals surface area contributed by atoms with Crippen molar-refractivity contribution in [1.82, 2.24) is 9.80 Å². The third-order valence-corrected chi connectivity index (χ3v) is 5.66. The number of likely N-dealkylation sites (tertiary alicyclic amines) is 2. The van der Waals surface area contributed by atoms with Crippen LogP contribution in [-0.2, 0) is 0 Å². The van der Waals surface area contributed by atoms with Crippen LogP contribution in [0.1, 0.15) is 37.3 Å². The van der Waals surface area contributed by atoms with Crippen LogP contribution in [0.15, 0.2) is 16.8 Å². The lowest BCUT2D eigenvalue weighted by Crippen LogP contribution is -2.42. The van der Waals surface area contributed by atoms with E-state index in [1.54, 1.807) is 11.3 Å². The van der Waals surface area contributed by atoms with E-state index >= 15 is 0 Å². The SMILES string of the molecule is NCC(c1ccsc1)N1CCC(CN2CCCC2)CC1. The first-order valence-electron chi connectivity index (χ1n) is 8.05. The molecule has 3 nitrogen and oxygen atoms in total. The van der Waals surface area contributed by atoms with Gasteiger partial charge in [0.15, 0.2) is 0 Å². The van der Waals surface area contributed by atoms with Crippen molar-refractivity contribution in [2.45, 2.75) is 31.7 Å². The molecular weight excluding hydrogens is 266 g/mol. The lowest BCUT2D eigenvalue weighted by Gasteiger charge is -2.38. The first-order chi connectivity index (χ1) is 9.86. The molecule has 0 amide bonds. The van der Waals surface area contributed by atoms with E-state index in [1.807, 2.05) is 0 Å². The Morgan fingerprint density at radius 2 is 1.95 bits per heavy atom. The highest BCUT2D eigenvalue weighted by Gasteiger charge is 2.27. The van der Waals surface area contributed by atoms with Crippen LogP contribution in [-0.4, -0.2) is 49.1 Å². The van der Waals surface area contributed by atoms with E-state index in [9.17, 15) is 0 Å². The van der Waals surface area contributed by atoms with E-state index in [0.29, 0.717) is 6.04 Å². The van der Waals surface area contributed by atoms with Crippen molar-refractivity contribution in [3.8, 4) is 0 Å². The molecule has 1 unspecified atom stereocenters. The predicted octanol–water partition coefficient (Wildman–Crippen LogP) is 2.56. The lowest BCUT2D eigenvalue weighted by molar-refractivity contribution is 0.118. The number of hydrogen-bond donors (Lipinski definition) is 1. The molecule has 0 saturated carbocycles. The Balaban J connectivity index is 1.49. The van der Waals surface area contributed by atoms with Crippen molar-refractivity contribution >= 4 is 11.3 Å². The Kier molecular flexibility index (Phi) is 5.10. The average molecular weight is 293 g/mol. The Bertz CT molecular complexity index is 378. The summed E-state index contributed by atoms with van der Waals surface area (Å²) in [5, 5.41) is 4.42. The van der Waals surface area contributed by atoms with Gasteiger partial charge in [0, 0.05) is 19.1 Å². The van der Waals surface area contributed by atoms with Crippen molar-refractivity contribution in [3.63, 3.8) is 0 Å². The van der Waals surface area contributed by atoms with Gasteiger partial charge in [-0.2, -0.15) is 11.3 Å². The smallest absolute Gasteiger partial charge is 0.0478 e. The maximum Gasteiger partial charge on any atom is 0.0478 e. The van der Waals surface area contributed by atoms with Gasteiger partial charge in [-0.3, -0.25) is 4.90 Å². The molecule has 2 aliphatic heterocycles. The van der Waals surface area contributed by atoms with Gasteiger partial charge in [0.1, 0.15) is 0 Å². The Morgan fingerprint density at radius 1 is 1.20 bits per heavy atom. The predicted molar refractivity (Wildman–Crippen MR) is 86.1 cm³/mol. The number of piperidine rings is 1. The second-order valence-electron chi connectivity index (χ2n) is 6.30. The molecule has 3 rings (SSSR count). The molecule has 112 valence electrons. The average Bonchev–Trinajstić information content (AvgIpc) is 3.15. The molecule has 2 aliphatic rings. The Morgan fingerprint density at radius 3 is 2.55 bits per heavy atom. The molecule has 2 saturated heterocycles. The maximum absolute atomic E-state index is 6.02. The van der Waals surface area contributed by atoms with Gasteiger partial charge in [-0.25, -0.2) is 0 Å². The normalized spacial score (nSPS) is 24.2. The lowest BCUT2D eigenvalue weighted by atomic mass is 9.94. The summed E-state index contributed by atoms with van der Waals surface area (Å²) < 4.78 is 0. The monoisotopic (exact) mass is 293 g/mol. The van der Waals surface area contributed by atoms with Gasteiger partial charge in [-0.15, -0.1) is 0 Å². The Hall–Kier alpha value is -0.420. The second-order valence-corrected chi connectivity index (χ2v) is 7.08. The minimum absolute atomic E-state index is 0.439. The van der Waals surface area contributed by atoms with Crippen LogP contribution in [0.3, 0.4) is 0 Å². The van der Waals surface area contributed by atoms with Crippen LogP contribution < -0.4 is 5.73 Å². The minimum atomic E-state index is 0.439. The first-order valence-corrected chi connectivity index (χ1v) is 8.99. The van der Waals surface area contributed by atoms with Crippen LogP contribution in [0, 0.1) is 5.92 Å². The largest absolute Gasteiger partial charge is 0.329 e. The number of nitrogens with zero attached hydrogens (tertiary/aromatic N) is 2. The summed E-state index contributed by atoms with van der Waals surface area (Å²) in [4.78, 5) is 5.27. The highest BCUT2D eigenvalue weighted by molar-refractivity contribution is 7.07. The summed E-state index contributed by atoms with van der Waals surface area (Å²) in [7, 11) is 0.